The molecule has 0 bridgehead atoms. The highest BCUT2D eigenvalue weighted by Gasteiger charge is 2.43. The van der Waals surface area contributed by atoms with Crippen LogP contribution < -0.4 is 5.32 Å². The third-order valence-corrected chi connectivity index (χ3v) is 4.25. The number of carbonyl (C=O) groups excluding carboxylic acids is 1. The first-order chi connectivity index (χ1) is 10.0. The summed E-state index contributed by atoms with van der Waals surface area (Å²) in [5.41, 5.74) is 0. The van der Waals surface area contributed by atoms with Crippen LogP contribution >= 0.6 is 12.4 Å². The molecule has 1 unspecified atom stereocenters. The fourth-order valence-electron chi connectivity index (χ4n) is 3.04. The van der Waals surface area contributed by atoms with Crippen molar-refractivity contribution in [3.05, 3.63) is 12.4 Å². The van der Waals surface area contributed by atoms with Crippen molar-refractivity contribution in [2.45, 2.75) is 37.8 Å². The van der Waals surface area contributed by atoms with E-state index in [1.807, 2.05) is 6.20 Å². The first kappa shape index (κ1) is 17.1. The van der Waals surface area contributed by atoms with Crippen LogP contribution in [0.15, 0.2) is 12.4 Å². The summed E-state index contributed by atoms with van der Waals surface area (Å²) in [6.45, 7) is 1.65. The number of amides is 1. The first-order valence-electron chi connectivity index (χ1n) is 7.28. The number of nitrogens with zero attached hydrogens (tertiary/aromatic N) is 4. The van der Waals surface area contributed by atoms with Crippen molar-refractivity contribution in [1.82, 2.24) is 25.2 Å². The fourth-order valence-corrected chi connectivity index (χ4v) is 3.04. The molecule has 1 N–H and O–H groups in total. The molecule has 1 aromatic rings. The average Bonchev–Trinajstić information content (AvgIpc) is 3.08. The second-order valence-corrected chi connectivity index (χ2v) is 5.89. The maximum Gasteiger partial charge on any atom is 0.262 e. The molecule has 1 amide bonds. The lowest BCUT2D eigenvalue weighted by molar-refractivity contribution is -0.135. The third kappa shape index (κ3) is 3.92. The van der Waals surface area contributed by atoms with E-state index in [0.717, 1.165) is 19.4 Å². The third-order valence-electron chi connectivity index (χ3n) is 4.25. The number of halogens is 3. The second-order valence-electron chi connectivity index (χ2n) is 5.89. The van der Waals surface area contributed by atoms with Crippen molar-refractivity contribution in [2.24, 2.45) is 5.92 Å². The summed E-state index contributed by atoms with van der Waals surface area (Å²) in [6.07, 6.45) is 4.82. The Balaban J connectivity index is 0.00000176. The Bertz CT molecular complexity index is 491. The minimum absolute atomic E-state index is 0. The Morgan fingerprint density at radius 3 is 2.64 bits per heavy atom. The number of hydrogen-bond acceptors (Lipinski definition) is 4. The molecular weight excluding hydrogens is 316 g/mol. The molecule has 2 aliphatic heterocycles. The van der Waals surface area contributed by atoms with E-state index in [-0.39, 0.29) is 24.7 Å². The Morgan fingerprint density at radius 2 is 2.09 bits per heavy atom. The van der Waals surface area contributed by atoms with E-state index in [4.69, 9.17) is 0 Å². The number of carbonyl (C=O) groups is 1. The molecule has 2 fully saturated rings. The Hall–Kier alpha value is -1.28. The zero-order chi connectivity index (χ0) is 14.9. The van der Waals surface area contributed by atoms with Crippen molar-refractivity contribution >= 4 is 18.3 Å². The highest BCUT2D eigenvalue weighted by atomic mass is 35.5. The predicted octanol–water partition coefficient (Wildman–Crippen LogP) is 0.936. The second kappa shape index (κ2) is 6.87. The van der Waals surface area contributed by atoms with Crippen molar-refractivity contribution in [1.29, 1.82) is 0 Å². The summed E-state index contributed by atoms with van der Waals surface area (Å²) in [6, 6.07) is -0.730. The van der Waals surface area contributed by atoms with Gasteiger partial charge in [-0.2, -0.15) is 0 Å². The standard InChI is InChI=1S/C13H19F2N5O.ClH/c14-13(15)7-11(16-9-13)12(21)19-4-1-10(2-5-19)8-20-6-3-17-18-20;/h3,6,10-11,16H,1-2,4-5,7-9H2;1H. The lowest BCUT2D eigenvalue weighted by Crippen LogP contribution is -2.47. The molecule has 22 heavy (non-hydrogen) atoms. The largest absolute Gasteiger partial charge is 0.341 e. The van der Waals surface area contributed by atoms with Gasteiger partial charge in [-0.3, -0.25) is 14.8 Å². The summed E-state index contributed by atoms with van der Waals surface area (Å²) in [5.74, 6) is -2.49. The van der Waals surface area contributed by atoms with Crippen molar-refractivity contribution in [2.75, 3.05) is 19.6 Å². The molecule has 1 aromatic heterocycles. The molecule has 3 rings (SSSR count). The quantitative estimate of drug-likeness (QED) is 0.893. The van der Waals surface area contributed by atoms with Crippen LogP contribution in [0.1, 0.15) is 19.3 Å². The van der Waals surface area contributed by atoms with E-state index in [1.54, 1.807) is 15.8 Å². The van der Waals surface area contributed by atoms with Gasteiger partial charge in [0.2, 0.25) is 5.91 Å². The van der Waals surface area contributed by atoms with Gasteiger partial charge in [0.05, 0.1) is 18.8 Å². The summed E-state index contributed by atoms with van der Waals surface area (Å²) in [7, 11) is 0. The van der Waals surface area contributed by atoms with E-state index < -0.39 is 18.5 Å². The van der Waals surface area contributed by atoms with Crippen molar-refractivity contribution in [3.8, 4) is 0 Å². The number of piperidine rings is 1. The predicted molar refractivity (Wildman–Crippen MR) is 77.9 cm³/mol. The average molecular weight is 336 g/mol. The van der Waals surface area contributed by atoms with Crippen LogP contribution in [0.5, 0.6) is 0 Å². The molecule has 1 atom stereocenters. The summed E-state index contributed by atoms with van der Waals surface area (Å²) < 4.78 is 28.1. The molecule has 0 aliphatic carbocycles. The molecule has 2 saturated heterocycles. The Kier molecular flexibility index (Phi) is 5.33. The van der Waals surface area contributed by atoms with Gasteiger partial charge in [-0.05, 0) is 18.8 Å². The van der Waals surface area contributed by atoms with Gasteiger partial charge >= 0.3 is 0 Å². The molecule has 124 valence electrons. The van der Waals surface area contributed by atoms with Gasteiger partial charge in [-0.25, -0.2) is 8.78 Å². The van der Waals surface area contributed by atoms with Crippen LogP contribution in [-0.2, 0) is 11.3 Å². The topological polar surface area (TPSA) is 63.1 Å². The van der Waals surface area contributed by atoms with Crippen LogP contribution in [0.3, 0.4) is 0 Å². The molecule has 0 saturated carbocycles. The lowest BCUT2D eigenvalue weighted by atomic mass is 9.96. The van der Waals surface area contributed by atoms with Crippen LogP contribution in [0.2, 0.25) is 0 Å². The number of likely N-dealkylation sites (tertiary alicyclic amines) is 1. The van der Waals surface area contributed by atoms with Gasteiger partial charge in [-0.1, -0.05) is 5.21 Å². The molecule has 0 spiro atoms. The fraction of sp³-hybridized carbons (Fsp3) is 0.769. The number of aromatic nitrogens is 3. The summed E-state index contributed by atoms with van der Waals surface area (Å²) in [5, 5.41) is 10.3. The van der Waals surface area contributed by atoms with Gasteiger partial charge in [0.15, 0.2) is 0 Å². The first-order valence-corrected chi connectivity index (χ1v) is 7.28. The van der Waals surface area contributed by atoms with Crippen LogP contribution in [0.4, 0.5) is 8.78 Å². The smallest absolute Gasteiger partial charge is 0.262 e. The van der Waals surface area contributed by atoms with Gasteiger partial charge < -0.3 is 4.90 Å². The molecule has 9 heteroatoms. The summed E-state index contributed by atoms with van der Waals surface area (Å²) >= 11 is 0. The van der Waals surface area contributed by atoms with Crippen molar-refractivity contribution < 1.29 is 13.6 Å². The molecular formula is C13H20ClF2N5O. The molecule has 0 aromatic carbocycles. The van der Waals surface area contributed by atoms with Gasteiger partial charge in [-0.15, -0.1) is 17.5 Å². The molecule has 3 heterocycles. The molecule has 2 aliphatic rings. The van der Waals surface area contributed by atoms with Gasteiger partial charge in [0.1, 0.15) is 0 Å². The van der Waals surface area contributed by atoms with Crippen LogP contribution in [0.25, 0.3) is 0 Å². The molecule has 6 nitrogen and oxygen atoms in total. The maximum absolute atomic E-state index is 13.1. The van der Waals surface area contributed by atoms with E-state index >= 15 is 0 Å². The molecule has 0 radical (unpaired) electrons. The zero-order valence-corrected chi connectivity index (χ0v) is 12.9. The van der Waals surface area contributed by atoms with E-state index in [0.29, 0.717) is 19.0 Å². The number of nitrogens with one attached hydrogen (secondary N) is 1. The van der Waals surface area contributed by atoms with E-state index in [1.165, 1.54) is 0 Å². The number of alkyl halides is 2. The van der Waals surface area contributed by atoms with Crippen molar-refractivity contribution in [3.63, 3.8) is 0 Å². The lowest BCUT2D eigenvalue weighted by Gasteiger charge is -2.33. The van der Waals surface area contributed by atoms with Crippen LogP contribution in [0, 0.1) is 5.92 Å². The van der Waals surface area contributed by atoms with Gasteiger partial charge in [0, 0.05) is 32.3 Å². The minimum Gasteiger partial charge on any atom is -0.341 e. The Morgan fingerprint density at radius 1 is 1.36 bits per heavy atom. The minimum atomic E-state index is -2.76. The Labute approximate surface area is 133 Å². The normalized spacial score (nSPS) is 25.0. The maximum atomic E-state index is 13.1. The van der Waals surface area contributed by atoms with E-state index in [9.17, 15) is 13.6 Å². The van der Waals surface area contributed by atoms with Gasteiger partial charge in [0.25, 0.3) is 5.92 Å². The number of rotatable bonds is 3. The van der Waals surface area contributed by atoms with Crippen LogP contribution in [-0.4, -0.2) is 57.4 Å². The SMILES string of the molecule is Cl.O=C(C1CC(F)(F)CN1)N1CCC(Cn2ccnn2)CC1. The highest BCUT2D eigenvalue weighted by Crippen LogP contribution is 2.27. The highest BCUT2D eigenvalue weighted by molar-refractivity contribution is 5.85. The number of hydrogen-bond donors (Lipinski definition) is 1. The monoisotopic (exact) mass is 335 g/mol. The zero-order valence-electron chi connectivity index (χ0n) is 12.1. The summed E-state index contributed by atoms with van der Waals surface area (Å²) in [4.78, 5) is 13.9. The van der Waals surface area contributed by atoms with E-state index in [2.05, 4.69) is 15.6 Å².